The minimum absolute atomic E-state index is 0.132. The van der Waals surface area contributed by atoms with Crippen molar-refractivity contribution in [2.75, 3.05) is 0 Å². The van der Waals surface area contributed by atoms with Gasteiger partial charge in [0.15, 0.2) is 0 Å². The Morgan fingerprint density at radius 2 is 2.33 bits per heavy atom. The topological polar surface area (TPSA) is 72.2 Å². The van der Waals surface area contributed by atoms with E-state index in [-0.39, 0.29) is 17.3 Å². The average Bonchev–Trinajstić information content (AvgIpc) is 2.29. The molecule has 0 saturated carbocycles. The molecule has 1 atom stereocenters. The smallest absolute Gasteiger partial charge is 0.270 e. The fraction of sp³-hybridized carbons (Fsp3) is 0.250. The molecule has 1 aromatic rings. The van der Waals surface area contributed by atoms with Crippen LogP contribution in [-0.4, -0.2) is 16.9 Å². The number of benzene rings is 1. The van der Waals surface area contributed by atoms with Crippen LogP contribution in [0.1, 0.15) is 23.7 Å². The first kappa shape index (κ1) is 14.2. The van der Waals surface area contributed by atoms with Crippen molar-refractivity contribution in [1.29, 1.82) is 0 Å². The molecule has 0 heterocycles. The van der Waals surface area contributed by atoms with Gasteiger partial charge in [-0.05, 0) is 28.9 Å². The van der Waals surface area contributed by atoms with Gasteiger partial charge in [-0.2, -0.15) is 0 Å². The maximum absolute atomic E-state index is 11.9. The van der Waals surface area contributed by atoms with Crippen LogP contribution >= 0.6 is 15.9 Å². The molecule has 1 unspecified atom stereocenters. The molecule has 18 heavy (non-hydrogen) atoms. The minimum atomic E-state index is -0.548. The molecular formula is C12H11BrN2O3. The van der Waals surface area contributed by atoms with Crippen molar-refractivity contribution in [3.05, 3.63) is 38.3 Å². The van der Waals surface area contributed by atoms with Gasteiger partial charge < -0.3 is 5.32 Å². The summed E-state index contributed by atoms with van der Waals surface area (Å²) in [6.07, 6.45) is 5.54. The van der Waals surface area contributed by atoms with Crippen molar-refractivity contribution >= 4 is 27.5 Å². The number of amides is 1. The first-order chi connectivity index (χ1) is 8.45. The van der Waals surface area contributed by atoms with Crippen molar-refractivity contribution in [3.63, 3.8) is 0 Å². The van der Waals surface area contributed by atoms with Gasteiger partial charge in [0, 0.05) is 29.1 Å². The first-order valence-electron chi connectivity index (χ1n) is 5.14. The monoisotopic (exact) mass is 310 g/mol. The zero-order chi connectivity index (χ0) is 13.7. The molecule has 0 aliphatic rings. The number of nitrogens with one attached hydrogen (secondary N) is 1. The lowest BCUT2D eigenvalue weighted by molar-refractivity contribution is -0.384. The summed E-state index contributed by atoms with van der Waals surface area (Å²) in [4.78, 5) is 22.0. The highest BCUT2D eigenvalue weighted by molar-refractivity contribution is 9.10. The van der Waals surface area contributed by atoms with E-state index in [1.54, 1.807) is 6.92 Å². The van der Waals surface area contributed by atoms with Crippen molar-refractivity contribution < 1.29 is 9.72 Å². The zero-order valence-corrected chi connectivity index (χ0v) is 11.2. The molecule has 1 rings (SSSR count). The predicted molar refractivity (Wildman–Crippen MR) is 71.2 cm³/mol. The molecule has 1 aromatic carbocycles. The highest BCUT2D eigenvalue weighted by atomic mass is 79.9. The van der Waals surface area contributed by atoms with E-state index in [1.807, 2.05) is 0 Å². The van der Waals surface area contributed by atoms with Crippen LogP contribution in [0.2, 0.25) is 0 Å². The van der Waals surface area contributed by atoms with Crippen molar-refractivity contribution in [2.45, 2.75) is 19.4 Å². The highest BCUT2D eigenvalue weighted by Gasteiger charge is 2.16. The zero-order valence-electron chi connectivity index (χ0n) is 9.64. The summed E-state index contributed by atoms with van der Waals surface area (Å²) < 4.78 is 0.499. The number of hydrogen-bond donors (Lipinski definition) is 1. The van der Waals surface area contributed by atoms with E-state index in [1.165, 1.54) is 18.2 Å². The van der Waals surface area contributed by atoms with Gasteiger partial charge in [0.2, 0.25) is 0 Å². The molecular weight excluding hydrogens is 300 g/mol. The number of terminal acetylenes is 1. The number of nitro benzene ring substituents is 1. The number of carbonyl (C=O) groups excluding carboxylic acids is 1. The normalized spacial score (nSPS) is 11.4. The second kappa shape index (κ2) is 6.17. The Hall–Kier alpha value is -1.87. The Labute approximate surface area is 113 Å². The summed E-state index contributed by atoms with van der Waals surface area (Å²) in [5.41, 5.74) is 0.0843. The summed E-state index contributed by atoms with van der Waals surface area (Å²) in [7, 11) is 0. The number of non-ortho nitro benzene ring substituents is 1. The number of nitro groups is 1. The number of rotatable bonds is 4. The van der Waals surface area contributed by atoms with Crippen molar-refractivity contribution in [2.24, 2.45) is 0 Å². The van der Waals surface area contributed by atoms with Crippen LogP contribution in [0, 0.1) is 22.5 Å². The third-order valence-corrected chi connectivity index (χ3v) is 2.90. The highest BCUT2D eigenvalue weighted by Crippen LogP contribution is 2.22. The molecule has 0 fully saturated rings. The molecule has 0 spiro atoms. The van der Waals surface area contributed by atoms with Crippen LogP contribution in [0.3, 0.4) is 0 Å². The second-order valence-electron chi connectivity index (χ2n) is 3.70. The van der Waals surface area contributed by atoms with E-state index in [0.717, 1.165) is 0 Å². The Bertz CT molecular complexity index is 523. The average molecular weight is 311 g/mol. The van der Waals surface area contributed by atoms with Gasteiger partial charge in [0.1, 0.15) is 0 Å². The third-order valence-electron chi connectivity index (χ3n) is 2.21. The van der Waals surface area contributed by atoms with E-state index in [9.17, 15) is 14.9 Å². The van der Waals surface area contributed by atoms with Crippen LogP contribution < -0.4 is 5.32 Å². The van der Waals surface area contributed by atoms with Crippen molar-refractivity contribution in [1.82, 2.24) is 5.32 Å². The number of carbonyl (C=O) groups is 1. The van der Waals surface area contributed by atoms with E-state index in [4.69, 9.17) is 6.42 Å². The van der Waals surface area contributed by atoms with Gasteiger partial charge in [0.05, 0.1) is 10.5 Å². The molecule has 0 aromatic heterocycles. The van der Waals surface area contributed by atoms with Crippen LogP contribution in [0.15, 0.2) is 22.7 Å². The molecule has 0 radical (unpaired) electrons. The SMILES string of the molecule is C#CCC(C)NC(=O)c1cc([N+](=O)[O-])ccc1Br. The predicted octanol–water partition coefficient (Wildman–Crippen LogP) is 2.50. The minimum Gasteiger partial charge on any atom is -0.349 e. The molecule has 5 nitrogen and oxygen atoms in total. The largest absolute Gasteiger partial charge is 0.349 e. The summed E-state index contributed by atoms with van der Waals surface area (Å²) in [5, 5.41) is 13.3. The Balaban J connectivity index is 2.95. The van der Waals surface area contributed by atoms with Gasteiger partial charge in [-0.3, -0.25) is 14.9 Å². The molecule has 0 aliphatic carbocycles. The fourth-order valence-electron chi connectivity index (χ4n) is 1.33. The Morgan fingerprint density at radius 1 is 1.67 bits per heavy atom. The molecule has 94 valence electrons. The third kappa shape index (κ3) is 3.57. The van der Waals surface area contributed by atoms with Gasteiger partial charge in [0.25, 0.3) is 11.6 Å². The van der Waals surface area contributed by atoms with Crippen LogP contribution in [0.25, 0.3) is 0 Å². The molecule has 1 N–H and O–H groups in total. The quantitative estimate of drug-likeness (QED) is 0.527. The molecule has 0 saturated heterocycles. The number of hydrogen-bond acceptors (Lipinski definition) is 3. The van der Waals surface area contributed by atoms with E-state index >= 15 is 0 Å². The summed E-state index contributed by atoms with van der Waals surface area (Å²) in [5.74, 6) is 2.04. The number of halogens is 1. The Kier molecular flexibility index (Phi) is 4.86. The van der Waals surface area contributed by atoms with E-state index in [2.05, 4.69) is 27.2 Å². The van der Waals surface area contributed by atoms with E-state index in [0.29, 0.717) is 10.9 Å². The summed E-state index contributed by atoms with van der Waals surface area (Å²) >= 11 is 3.19. The Morgan fingerprint density at radius 3 is 2.89 bits per heavy atom. The molecule has 1 amide bonds. The first-order valence-corrected chi connectivity index (χ1v) is 5.93. The second-order valence-corrected chi connectivity index (χ2v) is 4.56. The summed E-state index contributed by atoms with van der Waals surface area (Å²) in [6.45, 7) is 1.77. The lowest BCUT2D eigenvalue weighted by atomic mass is 10.1. The van der Waals surface area contributed by atoms with Crippen LogP contribution in [0.5, 0.6) is 0 Å². The van der Waals surface area contributed by atoms with Gasteiger partial charge in [-0.1, -0.05) is 0 Å². The lowest BCUT2D eigenvalue weighted by Gasteiger charge is -2.11. The van der Waals surface area contributed by atoms with Gasteiger partial charge in [-0.15, -0.1) is 12.3 Å². The van der Waals surface area contributed by atoms with Gasteiger partial charge >= 0.3 is 0 Å². The van der Waals surface area contributed by atoms with E-state index < -0.39 is 10.8 Å². The fourth-order valence-corrected chi connectivity index (χ4v) is 1.76. The van der Waals surface area contributed by atoms with Crippen LogP contribution in [-0.2, 0) is 0 Å². The molecule has 0 aliphatic heterocycles. The van der Waals surface area contributed by atoms with Gasteiger partial charge in [-0.25, -0.2) is 0 Å². The van der Waals surface area contributed by atoms with Crippen molar-refractivity contribution in [3.8, 4) is 12.3 Å². The summed E-state index contributed by atoms with van der Waals surface area (Å²) in [6, 6.07) is 3.83. The molecule has 6 heteroatoms. The maximum atomic E-state index is 11.9. The lowest BCUT2D eigenvalue weighted by Crippen LogP contribution is -2.32. The standard InChI is InChI=1S/C12H11BrN2O3/c1-3-4-8(2)14-12(16)10-7-9(15(17)18)5-6-11(10)13/h1,5-8H,4H2,2H3,(H,14,16). The maximum Gasteiger partial charge on any atom is 0.270 e. The number of nitrogens with zero attached hydrogens (tertiary/aromatic N) is 1. The molecule has 0 bridgehead atoms. The van der Waals surface area contributed by atoms with Crippen LogP contribution in [0.4, 0.5) is 5.69 Å².